The lowest BCUT2D eigenvalue weighted by molar-refractivity contribution is -0.154. The second kappa shape index (κ2) is 9.34. The van der Waals surface area contributed by atoms with Crippen LogP contribution in [0.1, 0.15) is 39.0 Å². The Morgan fingerprint density at radius 3 is 2.46 bits per heavy atom. The molecule has 0 bridgehead atoms. The molecule has 1 atom stereocenters. The summed E-state index contributed by atoms with van der Waals surface area (Å²) in [5, 5.41) is 3.28. The van der Waals surface area contributed by atoms with E-state index in [0.717, 1.165) is 25.7 Å². The minimum Gasteiger partial charge on any atom is -0.453 e. The monoisotopic (exact) mass is 402 g/mol. The minimum atomic E-state index is -3.73. The Morgan fingerprint density at radius 1 is 1.23 bits per heavy atom. The molecule has 1 aliphatic rings. The third kappa shape index (κ3) is 6.26. The van der Waals surface area contributed by atoms with Crippen molar-refractivity contribution >= 4 is 33.5 Å². The molecule has 0 radical (unpaired) electrons. The molecule has 2 rings (SSSR count). The smallest absolute Gasteiger partial charge is 0.307 e. The number of esters is 1. The van der Waals surface area contributed by atoms with Crippen LogP contribution in [0.15, 0.2) is 29.2 Å². The molecule has 0 aromatic heterocycles. The fourth-order valence-electron chi connectivity index (χ4n) is 2.68. The fraction of sp³-hybridized carbons (Fsp3) is 0.529. The van der Waals surface area contributed by atoms with Crippen molar-refractivity contribution in [3.8, 4) is 0 Å². The van der Waals surface area contributed by atoms with Crippen LogP contribution in [0.4, 0.5) is 0 Å². The number of hydrogen-bond acceptors (Lipinski definition) is 5. The zero-order chi connectivity index (χ0) is 19.2. The van der Waals surface area contributed by atoms with E-state index in [1.54, 1.807) is 0 Å². The standard InChI is InChI=1S/C17H23ClN2O5S/c1-12(17(22)20-14-4-2-3-5-14)25-16(21)10-11-19-26(23,24)15-8-6-13(18)7-9-15/h6-9,12,14,19H,2-5,10-11H2,1H3,(H,20,22)/t12-/m0/s1. The van der Waals surface area contributed by atoms with E-state index in [2.05, 4.69) is 10.0 Å². The second-order valence-electron chi connectivity index (χ2n) is 6.22. The predicted molar refractivity (Wildman–Crippen MR) is 97.2 cm³/mol. The highest BCUT2D eigenvalue weighted by molar-refractivity contribution is 7.89. The average Bonchev–Trinajstić information content (AvgIpc) is 3.08. The first-order valence-corrected chi connectivity index (χ1v) is 10.4. The van der Waals surface area contributed by atoms with Crippen LogP contribution in [0.3, 0.4) is 0 Å². The van der Waals surface area contributed by atoms with Crippen LogP contribution < -0.4 is 10.0 Å². The van der Waals surface area contributed by atoms with Crippen molar-refractivity contribution in [1.29, 1.82) is 0 Å². The summed E-state index contributed by atoms with van der Waals surface area (Å²) in [6.45, 7) is 1.38. The number of rotatable bonds is 8. The predicted octanol–water partition coefficient (Wildman–Crippen LogP) is 2.00. The number of hydrogen-bond donors (Lipinski definition) is 2. The third-order valence-electron chi connectivity index (χ3n) is 4.12. The molecule has 0 heterocycles. The number of nitrogens with one attached hydrogen (secondary N) is 2. The summed E-state index contributed by atoms with van der Waals surface area (Å²) >= 11 is 5.73. The summed E-state index contributed by atoms with van der Waals surface area (Å²) in [5.41, 5.74) is 0. The van der Waals surface area contributed by atoms with Crippen molar-refractivity contribution < 1.29 is 22.7 Å². The summed E-state index contributed by atoms with van der Waals surface area (Å²) in [6, 6.07) is 5.83. The number of carbonyl (C=O) groups is 2. The van der Waals surface area contributed by atoms with Gasteiger partial charge in [0.05, 0.1) is 11.3 Å². The van der Waals surface area contributed by atoms with E-state index in [1.165, 1.54) is 31.2 Å². The maximum atomic E-state index is 12.1. The zero-order valence-corrected chi connectivity index (χ0v) is 16.1. The summed E-state index contributed by atoms with van der Waals surface area (Å²) in [6.07, 6.45) is 2.99. The Balaban J connectivity index is 1.73. The molecule has 0 saturated heterocycles. The molecular formula is C17H23ClN2O5S. The SMILES string of the molecule is C[C@H](OC(=O)CCNS(=O)(=O)c1ccc(Cl)cc1)C(=O)NC1CCCC1. The second-order valence-corrected chi connectivity index (χ2v) is 8.43. The Morgan fingerprint density at radius 2 is 1.85 bits per heavy atom. The fourth-order valence-corrected chi connectivity index (χ4v) is 3.84. The molecule has 1 aromatic carbocycles. The molecule has 0 aliphatic heterocycles. The van der Waals surface area contributed by atoms with Gasteiger partial charge in [-0.3, -0.25) is 9.59 Å². The van der Waals surface area contributed by atoms with Crippen LogP contribution in [0.2, 0.25) is 5.02 Å². The van der Waals surface area contributed by atoms with Gasteiger partial charge in [-0.2, -0.15) is 0 Å². The van der Waals surface area contributed by atoms with E-state index in [0.29, 0.717) is 5.02 Å². The molecule has 1 aliphatic carbocycles. The molecule has 0 unspecified atom stereocenters. The topological polar surface area (TPSA) is 102 Å². The number of amides is 1. The number of sulfonamides is 1. The first-order valence-electron chi connectivity index (χ1n) is 8.53. The molecule has 1 saturated carbocycles. The molecule has 1 fully saturated rings. The molecule has 7 nitrogen and oxygen atoms in total. The summed E-state index contributed by atoms with van der Waals surface area (Å²) in [7, 11) is -3.73. The van der Waals surface area contributed by atoms with Crippen LogP contribution in [-0.4, -0.2) is 39.0 Å². The van der Waals surface area contributed by atoms with Crippen LogP contribution in [0.25, 0.3) is 0 Å². The molecule has 144 valence electrons. The van der Waals surface area contributed by atoms with Gasteiger partial charge < -0.3 is 10.1 Å². The van der Waals surface area contributed by atoms with Gasteiger partial charge in [0, 0.05) is 17.6 Å². The lowest BCUT2D eigenvalue weighted by Gasteiger charge is -2.17. The van der Waals surface area contributed by atoms with Crippen LogP contribution in [-0.2, 0) is 24.3 Å². The first-order chi connectivity index (χ1) is 12.3. The molecule has 9 heteroatoms. The minimum absolute atomic E-state index is 0.0552. The van der Waals surface area contributed by atoms with Crippen molar-refractivity contribution in [1.82, 2.24) is 10.0 Å². The highest BCUT2D eigenvalue weighted by atomic mass is 35.5. The Hall–Kier alpha value is -1.64. The third-order valence-corrected chi connectivity index (χ3v) is 5.85. The number of carbonyl (C=O) groups excluding carboxylic acids is 2. The Bertz CT molecular complexity index is 730. The van der Waals surface area contributed by atoms with E-state index in [9.17, 15) is 18.0 Å². The number of halogens is 1. The van der Waals surface area contributed by atoms with Gasteiger partial charge in [0.25, 0.3) is 5.91 Å². The van der Waals surface area contributed by atoms with Gasteiger partial charge in [-0.25, -0.2) is 13.1 Å². The van der Waals surface area contributed by atoms with E-state index >= 15 is 0 Å². The quantitative estimate of drug-likeness (QED) is 0.647. The van der Waals surface area contributed by atoms with E-state index in [-0.39, 0.29) is 29.8 Å². The average molecular weight is 403 g/mol. The van der Waals surface area contributed by atoms with E-state index in [1.807, 2.05) is 0 Å². The van der Waals surface area contributed by atoms with Gasteiger partial charge in [0.2, 0.25) is 10.0 Å². The summed E-state index contributed by atoms with van der Waals surface area (Å²) < 4.78 is 31.5. The van der Waals surface area contributed by atoms with Crippen molar-refractivity contribution in [2.75, 3.05) is 6.54 Å². The van der Waals surface area contributed by atoms with Gasteiger partial charge >= 0.3 is 5.97 Å². The van der Waals surface area contributed by atoms with E-state index in [4.69, 9.17) is 16.3 Å². The lowest BCUT2D eigenvalue weighted by atomic mass is 10.2. The summed E-state index contributed by atoms with van der Waals surface area (Å²) in [4.78, 5) is 23.8. The Kier molecular flexibility index (Phi) is 7.43. The van der Waals surface area contributed by atoms with Gasteiger partial charge in [0.1, 0.15) is 0 Å². The highest BCUT2D eigenvalue weighted by Crippen LogP contribution is 2.18. The van der Waals surface area contributed by atoms with Crippen molar-refractivity contribution in [3.05, 3.63) is 29.3 Å². The van der Waals surface area contributed by atoms with Gasteiger partial charge in [0.15, 0.2) is 6.10 Å². The molecule has 1 aromatic rings. The summed E-state index contributed by atoms with van der Waals surface area (Å²) in [5.74, 6) is -0.968. The number of ether oxygens (including phenoxy) is 1. The van der Waals surface area contributed by atoms with Crippen LogP contribution in [0.5, 0.6) is 0 Å². The largest absolute Gasteiger partial charge is 0.453 e. The molecule has 2 N–H and O–H groups in total. The molecular weight excluding hydrogens is 380 g/mol. The number of benzene rings is 1. The maximum Gasteiger partial charge on any atom is 0.307 e. The lowest BCUT2D eigenvalue weighted by Crippen LogP contribution is -2.41. The van der Waals surface area contributed by atoms with Crippen molar-refractivity contribution in [3.63, 3.8) is 0 Å². The highest BCUT2D eigenvalue weighted by Gasteiger charge is 2.23. The van der Waals surface area contributed by atoms with Gasteiger partial charge in [-0.1, -0.05) is 24.4 Å². The molecule has 26 heavy (non-hydrogen) atoms. The Labute approximate surface area is 158 Å². The van der Waals surface area contributed by atoms with Crippen molar-refractivity contribution in [2.45, 2.75) is 56.1 Å². The normalized spacial score (nSPS) is 16.2. The zero-order valence-electron chi connectivity index (χ0n) is 14.5. The van der Waals surface area contributed by atoms with Crippen molar-refractivity contribution in [2.24, 2.45) is 0 Å². The molecule has 1 amide bonds. The van der Waals surface area contributed by atoms with Crippen LogP contribution in [0, 0.1) is 0 Å². The van der Waals surface area contributed by atoms with Crippen LogP contribution >= 0.6 is 11.6 Å². The van der Waals surface area contributed by atoms with Gasteiger partial charge in [-0.05, 0) is 44.0 Å². The maximum absolute atomic E-state index is 12.1. The van der Waals surface area contributed by atoms with E-state index < -0.39 is 22.1 Å². The van der Waals surface area contributed by atoms with Gasteiger partial charge in [-0.15, -0.1) is 0 Å². The molecule has 0 spiro atoms. The first kappa shape index (κ1) is 20.7.